The number of hydrogen-bond donors (Lipinski definition) is 0. The zero-order valence-electron chi connectivity index (χ0n) is 18.1. The summed E-state index contributed by atoms with van der Waals surface area (Å²) in [6.45, 7) is 2.72. The number of pyridine rings is 1. The average Bonchev–Trinajstić information content (AvgIpc) is 3.41. The van der Waals surface area contributed by atoms with E-state index in [1.165, 1.54) is 18.5 Å². The van der Waals surface area contributed by atoms with Crippen molar-refractivity contribution in [2.75, 3.05) is 6.61 Å². The van der Waals surface area contributed by atoms with E-state index in [1.807, 2.05) is 23.8 Å². The lowest BCUT2D eigenvalue weighted by atomic mass is 10.1. The topological polar surface area (TPSA) is 81.5 Å². The molecule has 0 saturated carbocycles. The van der Waals surface area contributed by atoms with Gasteiger partial charge in [-0.15, -0.1) is 0 Å². The van der Waals surface area contributed by atoms with Crippen LogP contribution in [0.3, 0.4) is 0 Å². The number of alkyl halides is 3. The number of nitriles is 1. The third-order valence-electron chi connectivity index (χ3n) is 5.32. The zero-order chi connectivity index (χ0) is 23.6. The van der Waals surface area contributed by atoms with Gasteiger partial charge in [-0.05, 0) is 30.7 Å². The number of fused-ring (bicyclic) bond motifs is 1. The molecule has 7 nitrogen and oxygen atoms in total. The third-order valence-corrected chi connectivity index (χ3v) is 5.32. The van der Waals surface area contributed by atoms with Gasteiger partial charge < -0.3 is 13.9 Å². The lowest BCUT2D eigenvalue weighted by Crippen LogP contribution is -2.11. The Balaban J connectivity index is 1.59. The first-order valence-electron chi connectivity index (χ1n) is 10.4. The third kappa shape index (κ3) is 4.53. The second-order valence-electron chi connectivity index (χ2n) is 7.49. The Hall–Kier alpha value is -3.87. The van der Waals surface area contributed by atoms with E-state index in [4.69, 9.17) is 4.74 Å². The summed E-state index contributed by atoms with van der Waals surface area (Å²) in [5.74, 6) is 0.680. The number of aryl methyl sites for hydroxylation is 3. The molecule has 4 rings (SSSR count). The molecule has 0 bridgehead atoms. The highest BCUT2D eigenvalue weighted by Crippen LogP contribution is 2.39. The number of benzene rings is 1. The number of nitrogens with zero attached hydrogens (tertiary/aromatic N) is 6. The minimum absolute atomic E-state index is 0.0583. The molecule has 170 valence electrons. The van der Waals surface area contributed by atoms with Gasteiger partial charge in [0.1, 0.15) is 23.2 Å². The average molecular weight is 454 g/mol. The van der Waals surface area contributed by atoms with Crippen LogP contribution < -0.4 is 4.74 Å². The number of rotatable bonds is 7. The monoisotopic (exact) mass is 454 g/mol. The summed E-state index contributed by atoms with van der Waals surface area (Å²) >= 11 is 0. The summed E-state index contributed by atoms with van der Waals surface area (Å²) in [7, 11) is 1.74. The van der Waals surface area contributed by atoms with Crippen molar-refractivity contribution in [3.63, 3.8) is 0 Å². The molecule has 1 aromatic carbocycles. The van der Waals surface area contributed by atoms with Crippen LogP contribution >= 0.6 is 0 Å². The first kappa shape index (κ1) is 22.3. The van der Waals surface area contributed by atoms with E-state index in [-0.39, 0.29) is 29.3 Å². The molecule has 0 radical (unpaired) electrons. The first-order valence-corrected chi connectivity index (χ1v) is 10.4. The quantitative estimate of drug-likeness (QED) is 0.376. The van der Waals surface area contributed by atoms with Crippen LogP contribution in [0.25, 0.3) is 22.3 Å². The van der Waals surface area contributed by atoms with Crippen molar-refractivity contribution in [3.8, 4) is 23.1 Å². The molecule has 0 aliphatic rings. The largest absolute Gasteiger partial charge is 0.493 e. The van der Waals surface area contributed by atoms with Crippen molar-refractivity contribution in [2.45, 2.75) is 32.5 Å². The fourth-order valence-electron chi connectivity index (χ4n) is 3.67. The van der Waals surface area contributed by atoms with Crippen molar-refractivity contribution in [1.82, 2.24) is 24.1 Å². The molecule has 10 heteroatoms. The van der Waals surface area contributed by atoms with Crippen LogP contribution in [0.1, 0.15) is 30.4 Å². The highest BCUT2D eigenvalue weighted by molar-refractivity contribution is 5.84. The summed E-state index contributed by atoms with van der Waals surface area (Å²) in [4.78, 5) is 12.6. The van der Waals surface area contributed by atoms with E-state index in [0.29, 0.717) is 24.0 Å². The zero-order valence-corrected chi connectivity index (χ0v) is 18.1. The fourth-order valence-corrected chi connectivity index (χ4v) is 3.67. The lowest BCUT2D eigenvalue weighted by Gasteiger charge is -2.16. The minimum atomic E-state index is -4.61. The van der Waals surface area contributed by atoms with Crippen molar-refractivity contribution < 1.29 is 17.9 Å². The van der Waals surface area contributed by atoms with E-state index < -0.39 is 11.7 Å². The van der Waals surface area contributed by atoms with Crippen LogP contribution in [-0.4, -0.2) is 30.7 Å². The molecule has 33 heavy (non-hydrogen) atoms. The lowest BCUT2D eigenvalue weighted by molar-refractivity contribution is -0.138. The van der Waals surface area contributed by atoms with Gasteiger partial charge in [0.05, 0.1) is 29.7 Å². The van der Waals surface area contributed by atoms with Gasteiger partial charge in [0.15, 0.2) is 5.69 Å². The summed E-state index contributed by atoms with van der Waals surface area (Å²) < 4.78 is 50.6. The van der Waals surface area contributed by atoms with E-state index >= 15 is 0 Å². The Morgan fingerprint density at radius 1 is 1.18 bits per heavy atom. The molecular weight excluding hydrogens is 433 g/mol. The minimum Gasteiger partial charge on any atom is -0.493 e. The Morgan fingerprint density at radius 3 is 2.73 bits per heavy atom. The second-order valence-corrected chi connectivity index (χ2v) is 7.49. The van der Waals surface area contributed by atoms with Crippen LogP contribution in [0.2, 0.25) is 0 Å². The van der Waals surface area contributed by atoms with Gasteiger partial charge in [0.2, 0.25) is 0 Å². The Bertz CT molecular complexity index is 1330. The Labute approximate surface area is 188 Å². The van der Waals surface area contributed by atoms with Gasteiger partial charge in [-0.1, -0.05) is 6.92 Å². The summed E-state index contributed by atoms with van der Waals surface area (Å²) in [6, 6.07) is 7.40. The predicted octanol–water partition coefficient (Wildman–Crippen LogP) is 4.75. The molecule has 0 N–H and O–H groups in total. The smallest absolute Gasteiger partial charge is 0.419 e. The summed E-state index contributed by atoms with van der Waals surface area (Å²) in [6.07, 6.45) is 1.78. The molecule has 0 aliphatic heterocycles. The van der Waals surface area contributed by atoms with Crippen LogP contribution in [-0.2, 0) is 26.2 Å². The number of hydrogen-bond acceptors (Lipinski definition) is 5. The van der Waals surface area contributed by atoms with Crippen LogP contribution in [0, 0.1) is 11.3 Å². The van der Waals surface area contributed by atoms with Gasteiger partial charge >= 0.3 is 6.18 Å². The molecule has 3 heterocycles. The SMILES string of the molecule is CCc1nccn1CCCOc1ccc(-c2cc3c(ncn3C)c(C#N)n2)cc1C(F)(F)F. The van der Waals surface area contributed by atoms with Crippen molar-refractivity contribution >= 4 is 11.0 Å². The molecule has 0 spiro atoms. The van der Waals surface area contributed by atoms with E-state index in [0.717, 1.165) is 18.3 Å². The molecule has 0 aliphatic carbocycles. The van der Waals surface area contributed by atoms with Gasteiger partial charge in [-0.25, -0.2) is 15.0 Å². The Morgan fingerprint density at radius 2 is 2.00 bits per heavy atom. The number of halogens is 3. The van der Waals surface area contributed by atoms with E-state index in [9.17, 15) is 18.4 Å². The van der Waals surface area contributed by atoms with Crippen molar-refractivity contribution in [3.05, 3.63) is 60.1 Å². The number of ether oxygens (including phenoxy) is 1. The molecule has 3 aromatic heterocycles. The number of aromatic nitrogens is 5. The maximum absolute atomic E-state index is 13.8. The first-order chi connectivity index (χ1) is 15.8. The summed E-state index contributed by atoms with van der Waals surface area (Å²) in [5, 5.41) is 9.40. The molecule has 0 saturated heterocycles. The molecule has 4 aromatic rings. The van der Waals surface area contributed by atoms with Crippen molar-refractivity contribution in [2.24, 2.45) is 7.05 Å². The second kappa shape index (κ2) is 8.94. The Kier molecular flexibility index (Phi) is 6.05. The van der Waals surface area contributed by atoms with E-state index in [2.05, 4.69) is 15.0 Å². The molecule has 0 unspecified atom stereocenters. The van der Waals surface area contributed by atoms with Crippen molar-refractivity contribution in [1.29, 1.82) is 5.26 Å². The highest BCUT2D eigenvalue weighted by Gasteiger charge is 2.35. The maximum atomic E-state index is 13.8. The normalized spacial score (nSPS) is 11.6. The number of imidazole rings is 2. The standard InChI is InChI=1S/C23H21F3N6O/c1-3-21-28-7-9-32(21)8-4-10-33-20-6-5-15(11-16(20)23(24,25)26)17-12-19-22(18(13-27)30-17)29-14-31(19)2/h5-7,9,11-12,14H,3-4,8,10H2,1-2H3. The summed E-state index contributed by atoms with van der Waals surface area (Å²) in [5.41, 5.74) is 0.678. The van der Waals surface area contributed by atoms with Gasteiger partial charge in [0, 0.05) is 38.0 Å². The molecular formula is C23H21F3N6O. The van der Waals surface area contributed by atoms with Crippen LogP contribution in [0.15, 0.2) is 43.0 Å². The fraction of sp³-hybridized carbons (Fsp3) is 0.304. The maximum Gasteiger partial charge on any atom is 0.419 e. The van der Waals surface area contributed by atoms with E-state index in [1.54, 1.807) is 23.9 Å². The van der Waals surface area contributed by atoms with Crippen LogP contribution in [0.5, 0.6) is 5.75 Å². The molecule has 0 fully saturated rings. The van der Waals surface area contributed by atoms with Gasteiger partial charge in [-0.3, -0.25) is 0 Å². The molecule has 0 amide bonds. The van der Waals surface area contributed by atoms with Gasteiger partial charge in [-0.2, -0.15) is 18.4 Å². The molecule has 0 atom stereocenters. The van der Waals surface area contributed by atoms with Gasteiger partial charge in [0.25, 0.3) is 0 Å². The highest BCUT2D eigenvalue weighted by atomic mass is 19.4. The van der Waals surface area contributed by atoms with Crippen LogP contribution in [0.4, 0.5) is 13.2 Å². The predicted molar refractivity (Wildman–Crippen MR) is 115 cm³/mol.